The number of rotatable bonds is 6. The van der Waals surface area contributed by atoms with Crippen molar-refractivity contribution in [3.8, 4) is 5.75 Å². The Balaban J connectivity index is 1.14. The van der Waals surface area contributed by atoms with Gasteiger partial charge in [-0.3, -0.25) is 0 Å². The summed E-state index contributed by atoms with van der Waals surface area (Å²) in [6, 6.07) is 4.45. The lowest BCUT2D eigenvalue weighted by atomic mass is 9.92. The van der Waals surface area contributed by atoms with E-state index in [0.717, 1.165) is 68.4 Å². The van der Waals surface area contributed by atoms with Crippen molar-refractivity contribution in [3.05, 3.63) is 24.2 Å². The number of hydrogen-bond donors (Lipinski definition) is 1. The van der Waals surface area contributed by atoms with E-state index in [1.54, 1.807) is 6.20 Å². The summed E-state index contributed by atoms with van der Waals surface area (Å²) in [5, 5.41) is 4.08. The number of nitrogens with zero attached hydrogens (tertiary/aromatic N) is 6. The van der Waals surface area contributed by atoms with Gasteiger partial charge in [0.15, 0.2) is 18.1 Å². The SMILES string of the molecule is CC(C)c1noc(N2CCC(C(C)Oc3ccc(N4CC(=[N+]5CCCCC5=O)C(N)C4)nc3)CC2)n1. The number of carbonyl (C=O) groups is 1. The van der Waals surface area contributed by atoms with Gasteiger partial charge in [-0.05, 0) is 44.2 Å². The minimum Gasteiger partial charge on any atom is -0.489 e. The highest BCUT2D eigenvalue weighted by atomic mass is 16.5. The first-order chi connectivity index (χ1) is 17.4. The van der Waals surface area contributed by atoms with Gasteiger partial charge >= 0.3 is 11.9 Å². The first kappa shape index (κ1) is 24.7. The summed E-state index contributed by atoms with van der Waals surface area (Å²) in [6.07, 6.45) is 6.52. The van der Waals surface area contributed by atoms with Crippen molar-refractivity contribution in [2.75, 3.05) is 42.5 Å². The zero-order chi connectivity index (χ0) is 25.2. The van der Waals surface area contributed by atoms with E-state index in [0.29, 0.717) is 31.4 Å². The number of piperidine rings is 2. The molecule has 3 saturated heterocycles. The lowest BCUT2D eigenvalue weighted by molar-refractivity contribution is -0.458. The number of nitrogens with two attached hydrogens (primary N) is 1. The number of hydrogen-bond acceptors (Lipinski definition) is 9. The molecule has 2 aromatic heterocycles. The van der Waals surface area contributed by atoms with Crippen LogP contribution >= 0.6 is 0 Å². The molecule has 10 nitrogen and oxygen atoms in total. The van der Waals surface area contributed by atoms with Gasteiger partial charge in [0.2, 0.25) is 0 Å². The van der Waals surface area contributed by atoms with E-state index in [2.05, 4.69) is 45.7 Å². The molecule has 5 heterocycles. The molecule has 0 bridgehead atoms. The maximum Gasteiger partial charge on any atom is 0.386 e. The summed E-state index contributed by atoms with van der Waals surface area (Å²) in [7, 11) is 0. The van der Waals surface area contributed by atoms with E-state index in [4.69, 9.17) is 15.0 Å². The van der Waals surface area contributed by atoms with Crippen LogP contribution in [0.4, 0.5) is 11.8 Å². The second-order valence-corrected chi connectivity index (χ2v) is 10.6. The minimum absolute atomic E-state index is 0.0824. The van der Waals surface area contributed by atoms with Gasteiger partial charge in [-0.25, -0.2) is 9.78 Å². The quantitative estimate of drug-likeness (QED) is 0.603. The van der Waals surface area contributed by atoms with Gasteiger partial charge < -0.3 is 24.8 Å². The molecule has 2 unspecified atom stereocenters. The maximum atomic E-state index is 12.3. The molecule has 3 fully saturated rings. The molecule has 0 radical (unpaired) electrons. The Labute approximate surface area is 212 Å². The zero-order valence-electron chi connectivity index (χ0n) is 21.6. The fourth-order valence-corrected chi connectivity index (χ4v) is 5.38. The highest BCUT2D eigenvalue weighted by Crippen LogP contribution is 2.28. The van der Waals surface area contributed by atoms with Crippen molar-refractivity contribution in [1.82, 2.24) is 15.1 Å². The maximum absolute atomic E-state index is 12.3. The molecule has 0 aliphatic carbocycles. The van der Waals surface area contributed by atoms with Crippen LogP contribution in [-0.4, -0.2) is 76.2 Å². The fraction of sp³-hybridized carbons (Fsp3) is 0.654. The average Bonchev–Trinajstić information content (AvgIpc) is 3.53. The molecule has 194 valence electrons. The van der Waals surface area contributed by atoms with E-state index in [9.17, 15) is 4.79 Å². The summed E-state index contributed by atoms with van der Waals surface area (Å²) in [4.78, 5) is 25.8. The van der Waals surface area contributed by atoms with Crippen LogP contribution in [0.3, 0.4) is 0 Å². The van der Waals surface area contributed by atoms with E-state index in [-0.39, 0.29) is 24.0 Å². The minimum atomic E-state index is -0.139. The van der Waals surface area contributed by atoms with Gasteiger partial charge in [-0.15, -0.1) is 0 Å². The molecular formula is C26H38N7O3+. The number of pyridine rings is 1. The topological polar surface area (TPSA) is 114 Å². The summed E-state index contributed by atoms with van der Waals surface area (Å²) in [5.74, 6) is 3.29. The molecule has 0 aromatic carbocycles. The molecule has 2 aromatic rings. The van der Waals surface area contributed by atoms with Gasteiger partial charge in [0.25, 0.3) is 0 Å². The van der Waals surface area contributed by atoms with Crippen molar-refractivity contribution < 1.29 is 18.6 Å². The summed E-state index contributed by atoms with van der Waals surface area (Å²) < 4.78 is 13.6. The Morgan fingerprint density at radius 2 is 1.97 bits per heavy atom. The Hall–Kier alpha value is -3.01. The number of amides is 1. The Morgan fingerprint density at radius 3 is 2.64 bits per heavy atom. The lowest BCUT2D eigenvalue weighted by Crippen LogP contribution is -2.41. The summed E-state index contributed by atoms with van der Waals surface area (Å²) in [6.45, 7) is 10.1. The molecule has 10 heteroatoms. The second kappa shape index (κ2) is 10.5. The molecule has 3 aliphatic rings. The second-order valence-electron chi connectivity index (χ2n) is 10.6. The smallest absolute Gasteiger partial charge is 0.386 e. The largest absolute Gasteiger partial charge is 0.489 e. The van der Waals surface area contributed by atoms with Gasteiger partial charge in [-0.2, -0.15) is 9.56 Å². The molecule has 0 spiro atoms. The summed E-state index contributed by atoms with van der Waals surface area (Å²) >= 11 is 0. The van der Waals surface area contributed by atoms with Crippen LogP contribution in [0.1, 0.15) is 64.6 Å². The van der Waals surface area contributed by atoms with Crippen molar-refractivity contribution in [1.29, 1.82) is 0 Å². The van der Waals surface area contributed by atoms with E-state index >= 15 is 0 Å². The monoisotopic (exact) mass is 496 g/mol. The lowest BCUT2D eigenvalue weighted by Gasteiger charge is -2.33. The van der Waals surface area contributed by atoms with Crippen LogP contribution in [0, 0.1) is 5.92 Å². The van der Waals surface area contributed by atoms with Crippen LogP contribution in [0.5, 0.6) is 5.75 Å². The molecule has 1 amide bonds. The van der Waals surface area contributed by atoms with Crippen molar-refractivity contribution >= 4 is 23.5 Å². The highest BCUT2D eigenvalue weighted by Gasteiger charge is 2.37. The molecule has 36 heavy (non-hydrogen) atoms. The molecule has 0 saturated carbocycles. The Kier molecular flexibility index (Phi) is 7.22. The van der Waals surface area contributed by atoms with Crippen LogP contribution in [0.2, 0.25) is 0 Å². The Morgan fingerprint density at radius 1 is 1.17 bits per heavy atom. The van der Waals surface area contributed by atoms with Crippen molar-refractivity contribution in [3.63, 3.8) is 0 Å². The van der Waals surface area contributed by atoms with Crippen LogP contribution in [0.15, 0.2) is 22.9 Å². The first-order valence-corrected chi connectivity index (χ1v) is 13.3. The number of ether oxygens (including phenoxy) is 1. The third-order valence-electron chi connectivity index (χ3n) is 7.66. The van der Waals surface area contributed by atoms with E-state index in [1.807, 2.05) is 16.7 Å². The molecule has 2 N–H and O–H groups in total. The predicted octanol–water partition coefficient (Wildman–Crippen LogP) is 2.58. The standard InChI is InChI=1S/C26H38N7O3/c1-17(2)25-29-26(36-30-25)31-12-9-19(10-13-31)18(3)35-20-7-8-23(28-14-20)32-15-21(27)22(16-32)33-11-5-4-6-24(33)34/h7-8,14,17-19,21H,4-6,9-13,15-16,27H2,1-3H3/q+1. The van der Waals surface area contributed by atoms with Crippen LogP contribution < -0.4 is 20.3 Å². The van der Waals surface area contributed by atoms with Gasteiger partial charge in [0.05, 0.1) is 18.7 Å². The third kappa shape index (κ3) is 5.23. The number of anilines is 2. The van der Waals surface area contributed by atoms with Crippen molar-refractivity contribution in [2.24, 2.45) is 11.7 Å². The average molecular weight is 497 g/mol. The first-order valence-electron chi connectivity index (χ1n) is 13.3. The fourth-order valence-electron chi connectivity index (χ4n) is 5.38. The number of carbonyl (C=O) groups excluding carboxylic acids is 1. The van der Waals surface area contributed by atoms with Crippen molar-refractivity contribution in [2.45, 2.75) is 70.9 Å². The summed E-state index contributed by atoms with van der Waals surface area (Å²) in [5.41, 5.74) is 7.41. The van der Waals surface area contributed by atoms with E-state index in [1.165, 1.54) is 0 Å². The van der Waals surface area contributed by atoms with Crippen LogP contribution in [0.25, 0.3) is 0 Å². The predicted molar refractivity (Wildman–Crippen MR) is 137 cm³/mol. The molecule has 5 rings (SSSR count). The molecule has 2 atom stereocenters. The molecular weight excluding hydrogens is 458 g/mol. The van der Waals surface area contributed by atoms with Gasteiger partial charge in [-0.1, -0.05) is 19.0 Å². The number of aromatic nitrogens is 3. The van der Waals surface area contributed by atoms with Gasteiger partial charge in [0.1, 0.15) is 24.2 Å². The van der Waals surface area contributed by atoms with Crippen LogP contribution in [-0.2, 0) is 4.79 Å². The Bertz CT molecular complexity index is 1090. The van der Waals surface area contributed by atoms with Gasteiger partial charge in [0, 0.05) is 32.0 Å². The van der Waals surface area contributed by atoms with E-state index < -0.39 is 0 Å². The normalized spacial score (nSPS) is 24.6. The third-order valence-corrected chi connectivity index (χ3v) is 7.66. The highest BCUT2D eigenvalue weighted by molar-refractivity contribution is 5.96. The zero-order valence-corrected chi connectivity index (χ0v) is 21.6. The molecule has 3 aliphatic heterocycles.